The average Bonchev–Trinajstić information content (AvgIpc) is 3.20. The lowest BCUT2D eigenvalue weighted by molar-refractivity contribution is 0.0747. The van der Waals surface area contributed by atoms with Gasteiger partial charge in [0, 0.05) is 24.9 Å². The maximum Gasteiger partial charge on any atom is 0.253 e. The lowest BCUT2D eigenvalue weighted by atomic mass is 10.1. The molecule has 1 aliphatic rings. The van der Waals surface area contributed by atoms with Crippen LogP contribution in [0.3, 0.4) is 0 Å². The van der Waals surface area contributed by atoms with E-state index in [9.17, 15) is 13.2 Å². The van der Waals surface area contributed by atoms with Crippen molar-refractivity contribution in [3.05, 3.63) is 35.4 Å². The van der Waals surface area contributed by atoms with Crippen molar-refractivity contribution < 1.29 is 13.2 Å². The standard InChI is InChI=1S/C16H23NO3S/c1-3-9-17(11-13-7-8-13)16(18)15-6-4-5-14(10-15)12-21(2,19)20/h4-6,10,13H,3,7-9,11-12H2,1-2H3. The Morgan fingerprint density at radius 3 is 2.62 bits per heavy atom. The first-order chi connectivity index (χ1) is 9.89. The van der Waals surface area contributed by atoms with E-state index in [1.807, 2.05) is 4.90 Å². The second-order valence-corrected chi connectivity index (χ2v) is 8.11. The van der Waals surface area contributed by atoms with Crippen LogP contribution in [0.2, 0.25) is 0 Å². The molecule has 1 saturated carbocycles. The van der Waals surface area contributed by atoms with E-state index >= 15 is 0 Å². The van der Waals surface area contributed by atoms with Gasteiger partial charge in [0.15, 0.2) is 9.84 Å². The van der Waals surface area contributed by atoms with E-state index in [-0.39, 0.29) is 11.7 Å². The van der Waals surface area contributed by atoms with Gasteiger partial charge in [-0.3, -0.25) is 4.79 Å². The van der Waals surface area contributed by atoms with Crippen molar-refractivity contribution in [2.75, 3.05) is 19.3 Å². The molecular formula is C16H23NO3S. The van der Waals surface area contributed by atoms with Crippen molar-refractivity contribution in [3.63, 3.8) is 0 Å². The summed E-state index contributed by atoms with van der Waals surface area (Å²) in [6, 6.07) is 6.99. The molecule has 0 unspecified atom stereocenters. The molecule has 0 atom stereocenters. The Bertz CT molecular complexity index is 606. The summed E-state index contributed by atoms with van der Waals surface area (Å²) in [6.07, 6.45) is 4.56. The number of amides is 1. The van der Waals surface area contributed by atoms with Gasteiger partial charge in [0.25, 0.3) is 5.91 Å². The van der Waals surface area contributed by atoms with Crippen LogP contribution >= 0.6 is 0 Å². The molecule has 4 nitrogen and oxygen atoms in total. The van der Waals surface area contributed by atoms with Crippen LogP contribution in [-0.4, -0.2) is 38.6 Å². The molecule has 0 bridgehead atoms. The number of hydrogen-bond donors (Lipinski definition) is 0. The van der Waals surface area contributed by atoms with Crippen LogP contribution in [0.1, 0.15) is 42.1 Å². The van der Waals surface area contributed by atoms with Gasteiger partial charge in [0.2, 0.25) is 0 Å². The zero-order valence-corrected chi connectivity index (χ0v) is 13.5. The fourth-order valence-corrected chi connectivity index (χ4v) is 3.22. The molecule has 0 heterocycles. The number of benzene rings is 1. The van der Waals surface area contributed by atoms with Crippen molar-refractivity contribution in [2.24, 2.45) is 5.92 Å². The van der Waals surface area contributed by atoms with E-state index < -0.39 is 9.84 Å². The molecule has 5 heteroatoms. The molecule has 1 amide bonds. The number of hydrogen-bond acceptors (Lipinski definition) is 3. The zero-order valence-electron chi connectivity index (χ0n) is 12.7. The minimum atomic E-state index is -3.08. The van der Waals surface area contributed by atoms with Crippen LogP contribution in [0.5, 0.6) is 0 Å². The largest absolute Gasteiger partial charge is 0.338 e. The van der Waals surface area contributed by atoms with Crippen LogP contribution in [0.15, 0.2) is 24.3 Å². The third kappa shape index (κ3) is 5.16. The van der Waals surface area contributed by atoms with Crippen LogP contribution in [0.25, 0.3) is 0 Å². The van der Waals surface area contributed by atoms with Gasteiger partial charge in [-0.05, 0) is 42.9 Å². The maximum atomic E-state index is 12.6. The Kier molecular flexibility index (Phi) is 5.04. The second kappa shape index (κ2) is 6.60. The molecule has 0 N–H and O–H groups in total. The van der Waals surface area contributed by atoms with E-state index in [1.54, 1.807) is 24.3 Å². The van der Waals surface area contributed by atoms with Crippen LogP contribution < -0.4 is 0 Å². The number of rotatable bonds is 7. The summed E-state index contributed by atoms with van der Waals surface area (Å²) in [4.78, 5) is 14.5. The van der Waals surface area contributed by atoms with Gasteiger partial charge in [0.1, 0.15) is 0 Å². The molecule has 0 saturated heterocycles. The van der Waals surface area contributed by atoms with E-state index in [1.165, 1.54) is 19.1 Å². The van der Waals surface area contributed by atoms with Crippen LogP contribution in [0.4, 0.5) is 0 Å². The van der Waals surface area contributed by atoms with E-state index in [0.29, 0.717) is 17.0 Å². The summed E-state index contributed by atoms with van der Waals surface area (Å²) < 4.78 is 22.8. The predicted octanol–water partition coefficient (Wildman–Crippen LogP) is 2.49. The van der Waals surface area contributed by atoms with Gasteiger partial charge in [0.05, 0.1) is 5.75 Å². The summed E-state index contributed by atoms with van der Waals surface area (Å²) in [5.74, 6) is 0.642. The molecule has 2 rings (SSSR count). The summed E-state index contributed by atoms with van der Waals surface area (Å²) in [6.45, 7) is 3.64. The Balaban J connectivity index is 2.14. The molecule has 1 aromatic rings. The molecule has 1 aliphatic carbocycles. The second-order valence-electron chi connectivity index (χ2n) is 5.97. The monoisotopic (exact) mass is 309 g/mol. The Morgan fingerprint density at radius 1 is 1.33 bits per heavy atom. The van der Waals surface area contributed by atoms with Gasteiger partial charge >= 0.3 is 0 Å². The number of sulfone groups is 1. The van der Waals surface area contributed by atoms with Gasteiger partial charge in [-0.2, -0.15) is 0 Å². The maximum absolute atomic E-state index is 12.6. The lowest BCUT2D eigenvalue weighted by Gasteiger charge is -2.22. The van der Waals surface area contributed by atoms with Gasteiger partial charge in [-0.1, -0.05) is 19.1 Å². The highest BCUT2D eigenvalue weighted by Crippen LogP contribution is 2.30. The van der Waals surface area contributed by atoms with Gasteiger partial charge in [-0.15, -0.1) is 0 Å². The van der Waals surface area contributed by atoms with Crippen molar-refractivity contribution in [2.45, 2.75) is 31.9 Å². The minimum absolute atomic E-state index is 0.0131. The summed E-state index contributed by atoms with van der Waals surface area (Å²) in [5, 5.41) is 0. The first kappa shape index (κ1) is 16.0. The molecule has 0 aromatic heterocycles. The van der Waals surface area contributed by atoms with E-state index in [4.69, 9.17) is 0 Å². The topological polar surface area (TPSA) is 54.5 Å². The Labute approximate surface area is 127 Å². The molecular weight excluding hydrogens is 286 g/mol. The SMILES string of the molecule is CCCN(CC1CC1)C(=O)c1cccc(CS(C)(=O)=O)c1. The fraction of sp³-hybridized carbons (Fsp3) is 0.562. The third-order valence-corrected chi connectivity index (χ3v) is 4.42. The number of carbonyl (C=O) groups excluding carboxylic acids is 1. The third-order valence-electron chi connectivity index (χ3n) is 3.56. The first-order valence-electron chi connectivity index (χ1n) is 7.45. The molecule has 1 aromatic carbocycles. The van der Waals surface area contributed by atoms with Crippen LogP contribution in [0, 0.1) is 5.92 Å². The van der Waals surface area contributed by atoms with Crippen molar-refractivity contribution in [1.29, 1.82) is 0 Å². The zero-order chi connectivity index (χ0) is 15.5. The molecule has 21 heavy (non-hydrogen) atoms. The highest BCUT2D eigenvalue weighted by Gasteiger charge is 2.26. The normalized spacial score (nSPS) is 15.0. The Morgan fingerprint density at radius 2 is 2.05 bits per heavy atom. The quantitative estimate of drug-likeness (QED) is 0.777. The summed E-state index contributed by atoms with van der Waals surface area (Å²) in [7, 11) is -3.08. The molecule has 0 radical (unpaired) electrons. The number of nitrogens with zero attached hydrogens (tertiary/aromatic N) is 1. The molecule has 1 fully saturated rings. The smallest absolute Gasteiger partial charge is 0.253 e. The van der Waals surface area contributed by atoms with E-state index in [0.717, 1.165) is 19.5 Å². The van der Waals surface area contributed by atoms with E-state index in [2.05, 4.69) is 6.92 Å². The first-order valence-corrected chi connectivity index (χ1v) is 9.51. The average molecular weight is 309 g/mol. The van der Waals surface area contributed by atoms with Gasteiger partial charge in [-0.25, -0.2) is 8.42 Å². The van der Waals surface area contributed by atoms with Crippen molar-refractivity contribution in [1.82, 2.24) is 4.90 Å². The number of carbonyl (C=O) groups is 1. The van der Waals surface area contributed by atoms with Gasteiger partial charge < -0.3 is 4.90 Å². The van der Waals surface area contributed by atoms with Crippen LogP contribution in [-0.2, 0) is 15.6 Å². The minimum Gasteiger partial charge on any atom is -0.338 e. The highest BCUT2D eigenvalue weighted by molar-refractivity contribution is 7.89. The molecule has 0 aliphatic heterocycles. The molecule has 116 valence electrons. The predicted molar refractivity (Wildman–Crippen MR) is 83.9 cm³/mol. The summed E-state index contributed by atoms with van der Waals surface area (Å²) in [5.41, 5.74) is 1.26. The highest BCUT2D eigenvalue weighted by atomic mass is 32.2. The Hall–Kier alpha value is -1.36. The molecule has 0 spiro atoms. The summed E-state index contributed by atoms with van der Waals surface area (Å²) >= 11 is 0. The van der Waals surface area contributed by atoms with Crippen molar-refractivity contribution >= 4 is 15.7 Å². The van der Waals surface area contributed by atoms with Crippen molar-refractivity contribution in [3.8, 4) is 0 Å². The lowest BCUT2D eigenvalue weighted by Crippen LogP contribution is -2.33. The fourth-order valence-electron chi connectivity index (χ4n) is 2.44.